The van der Waals surface area contributed by atoms with E-state index in [0.717, 1.165) is 38.9 Å². The number of hydrogen-bond donors (Lipinski definition) is 0. The summed E-state index contributed by atoms with van der Waals surface area (Å²) in [7, 11) is 1.87. The highest BCUT2D eigenvalue weighted by molar-refractivity contribution is 5.75. The van der Waals surface area contributed by atoms with Crippen LogP contribution in [0.1, 0.15) is 42.9 Å². The van der Waals surface area contributed by atoms with Crippen LogP contribution in [0.15, 0.2) is 24.3 Å². The Kier molecular flexibility index (Phi) is 5.11. The van der Waals surface area contributed by atoms with Crippen molar-refractivity contribution >= 4 is 5.91 Å². The maximum atomic E-state index is 12.3. The maximum absolute atomic E-state index is 12.3. The second kappa shape index (κ2) is 7.25. The number of carbonyl (C=O) groups is 1. The second-order valence-corrected chi connectivity index (χ2v) is 6.26. The van der Waals surface area contributed by atoms with E-state index in [0.29, 0.717) is 13.0 Å². The van der Waals surface area contributed by atoms with Crippen molar-refractivity contribution in [3.05, 3.63) is 35.4 Å². The molecule has 0 bridgehead atoms. The molecule has 1 aromatic rings. The largest absolute Gasteiger partial charge is 0.378 e. The first-order valence-corrected chi connectivity index (χ1v) is 8.29. The van der Waals surface area contributed by atoms with Gasteiger partial charge in [-0.1, -0.05) is 24.3 Å². The highest BCUT2D eigenvalue weighted by Gasteiger charge is 2.24. The molecule has 2 heterocycles. The summed E-state index contributed by atoms with van der Waals surface area (Å²) in [5.41, 5.74) is 2.58. The summed E-state index contributed by atoms with van der Waals surface area (Å²) in [6.45, 7) is 2.21. The molecule has 3 rings (SSSR count). The molecule has 22 heavy (non-hydrogen) atoms. The van der Waals surface area contributed by atoms with Crippen LogP contribution in [0.2, 0.25) is 0 Å². The first kappa shape index (κ1) is 15.5. The van der Waals surface area contributed by atoms with Gasteiger partial charge in [-0.2, -0.15) is 0 Å². The van der Waals surface area contributed by atoms with Crippen molar-refractivity contribution in [1.82, 2.24) is 4.90 Å². The van der Waals surface area contributed by atoms with Crippen molar-refractivity contribution < 1.29 is 14.3 Å². The van der Waals surface area contributed by atoms with Crippen LogP contribution in [0.5, 0.6) is 0 Å². The molecule has 0 aromatic heterocycles. The van der Waals surface area contributed by atoms with Crippen LogP contribution in [0.4, 0.5) is 0 Å². The monoisotopic (exact) mass is 303 g/mol. The van der Waals surface area contributed by atoms with E-state index >= 15 is 0 Å². The molecule has 0 spiro atoms. The van der Waals surface area contributed by atoms with Crippen LogP contribution >= 0.6 is 0 Å². The first-order valence-electron chi connectivity index (χ1n) is 8.29. The highest BCUT2D eigenvalue weighted by Crippen LogP contribution is 2.27. The molecular weight excluding hydrogens is 278 g/mol. The average molecular weight is 303 g/mol. The van der Waals surface area contributed by atoms with E-state index < -0.39 is 0 Å². The van der Waals surface area contributed by atoms with Crippen LogP contribution in [0.3, 0.4) is 0 Å². The number of amides is 1. The Hall–Kier alpha value is -1.39. The van der Waals surface area contributed by atoms with Crippen LogP contribution in [0, 0.1) is 0 Å². The number of benzene rings is 1. The molecule has 2 aliphatic rings. The van der Waals surface area contributed by atoms with Crippen LogP contribution in [-0.4, -0.2) is 43.7 Å². The maximum Gasteiger partial charge on any atom is 0.222 e. The van der Waals surface area contributed by atoms with E-state index in [9.17, 15) is 4.79 Å². The zero-order chi connectivity index (χ0) is 15.4. The minimum absolute atomic E-state index is 0.00151. The van der Waals surface area contributed by atoms with Gasteiger partial charge in [0, 0.05) is 20.1 Å². The number of hydrogen-bond acceptors (Lipinski definition) is 3. The van der Waals surface area contributed by atoms with Crippen molar-refractivity contribution in [2.75, 3.05) is 26.8 Å². The van der Waals surface area contributed by atoms with E-state index in [4.69, 9.17) is 9.47 Å². The SMILES string of the molecule is CN(C[C@@H]1OCCc2ccccc21)C(=O)CC[C@H]1CCCO1. The fourth-order valence-corrected chi connectivity index (χ4v) is 3.33. The summed E-state index contributed by atoms with van der Waals surface area (Å²) >= 11 is 0. The Labute approximate surface area is 132 Å². The average Bonchev–Trinajstić information content (AvgIpc) is 3.06. The Morgan fingerprint density at radius 1 is 1.27 bits per heavy atom. The summed E-state index contributed by atoms with van der Waals surface area (Å²) in [4.78, 5) is 14.1. The third-order valence-electron chi connectivity index (χ3n) is 4.66. The van der Waals surface area contributed by atoms with Gasteiger partial charge in [-0.05, 0) is 36.8 Å². The standard InChI is InChI=1S/C18H25NO3/c1-19(18(20)9-8-15-6-4-11-21-15)13-17-16-7-3-2-5-14(16)10-12-22-17/h2-3,5,7,15,17H,4,6,8-13H2,1H3/t15-,17+/m1/s1. The van der Waals surface area contributed by atoms with E-state index in [1.54, 1.807) is 0 Å². The minimum atomic E-state index is 0.00151. The van der Waals surface area contributed by atoms with Crippen LogP contribution in [-0.2, 0) is 20.7 Å². The lowest BCUT2D eigenvalue weighted by atomic mass is 9.97. The molecule has 0 N–H and O–H groups in total. The molecule has 1 saturated heterocycles. The zero-order valence-electron chi connectivity index (χ0n) is 13.3. The van der Waals surface area contributed by atoms with E-state index in [-0.39, 0.29) is 18.1 Å². The Bertz CT molecular complexity index is 511. The second-order valence-electron chi connectivity index (χ2n) is 6.26. The lowest BCUT2D eigenvalue weighted by Gasteiger charge is -2.30. The van der Waals surface area contributed by atoms with Crippen LogP contribution < -0.4 is 0 Å². The highest BCUT2D eigenvalue weighted by atomic mass is 16.5. The molecule has 4 heteroatoms. The lowest BCUT2D eigenvalue weighted by Crippen LogP contribution is -2.34. The van der Waals surface area contributed by atoms with Gasteiger partial charge in [-0.3, -0.25) is 4.79 Å². The summed E-state index contributed by atoms with van der Waals surface area (Å²) in [6.07, 6.45) is 4.87. The number of nitrogens with zero attached hydrogens (tertiary/aromatic N) is 1. The molecule has 1 aromatic carbocycles. The molecular formula is C18H25NO3. The van der Waals surface area contributed by atoms with E-state index in [1.807, 2.05) is 18.0 Å². The first-order chi connectivity index (χ1) is 10.7. The summed E-state index contributed by atoms with van der Waals surface area (Å²) < 4.78 is 11.5. The lowest BCUT2D eigenvalue weighted by molar-refractivity contribution is -0.132. The van der Waals surface area contributed by atoms with Gasteiger partial charge in [-0.15, -0.1) is 0 Å². The molecule has 1 fully saturated rings. The number of fused-ring (bicyclic) bond motifs is 1. The van der Waals surface area contributed by atoms with Gasteiger partial charge in [0.1, 0.15) is 6.10 Å². The Morgan fingerprint density at radius 2 is 2.14 bits per heavy atom. The predicted molar refractivity (Wildman–Crippen MR) is 84.7 cm³/mol. The number of likely N-dealkylation sites (N-methyl/N-ethyl adjacent to an activating group) is 1. The predicted octanol–water partition coefficient (Wildman–Crippen LogP) is 2.72. The quantitative estimate of drug-likeness (QED) is 0.839. The molecule has 2 atom stereocenters. The normalized spacial score (nSPS) is 24.0. The Balaban J connectivity index is 1.53. The zero-order valence-corrected chi connectivity index (χ0v) is 13.3. The van der Waals surface area contributed by atoms with Crippen molar-refractivity contribution in [1.29, 1.82) is 0 Å². The van der Waals surface area contributed by atoms with Crippen molar-refractivity contribution in [3.63, 3.8) is 0 Å². The van der Waals surface area contributed by atoms with Crippen LogP contribution in [0.25, 0.3) is 0 Å². The molecule has 120 valence electrons. The summed E-state index contributed by atoms with van der Waals surface area (Å²) in [6, 6.07) is 8.38. The van der Waals surface area contributed by atoms with Crippen molar-refractivity contribution in [3.8, 4) is 0 Å². The van der Waals surface area contributed by atoms with Gasteiger partial charge >= 0.3 is 0 Å². The van der Waals surface area contributed by atoms with Crippen molar-refractivity contribution in [2.45, 2.75) is 44.3 Å². The summed E-state index contributed by atoms with van der Waals surface area (Å²) in [5, 5.41) is 0. The molecule has 0 aliphatic carbocycles. The number of rotatable bonds is 5. The van der Waals surface area contributed by atoms with Gasteiger partial charge in [0.15, 0.2) is 0 Å². The van der Waals surface area contributed by atoms with Crippen molar-refractivity contribution in [2.24, 2.45) is 0 Å². The third kappa shape index (κ3) is 3.68. The Morgan fingerprint density at radius 3 is 2.95 bits per heavy atom. The van der Waals surface area contributed by atoms with Gasteiger partial charge in [0.2, 0.25) is 5.91 Å². The molecule has 0 radical (unpaired) electrons. The van der Waals surface area contributed by atoms with Gasteiger partial charge < -0.3 is 14.4 Å². The fraction of sp³-hybridized carbons (Fsp3) is 0.611. The third-order valence-corrected chi connectivity index (χ3v) is 4.66. The summed E-state index contributed by atoms with van der Waals surface area (Å²) in [5.74, 6) is 0.183. The molecule has 2 aliphatic heterocycles. The minimum Gasteiger partial charge on any atom is -0.378 e. The van der Waals surface area contributed by atoms with Gasteiger partial charge in [0.25, 0.3) is 0 Å². The van der Waals surface area contributed by atoms with Gasteiger partial charge in [0.05, 0.1) is 19.3 Å². The smallest absolute Gasteiger partial charge is 0.222 e. The van der Waals surface area contributed by atoms with E-state index in [2.05, 4.69) is 18.2 Å². The number of carbonyl (C=O) groups excluding carboxylic acids is 1. The topological polar surface area (TPSA) is 38.8 Å². The van der Waals surface area contributed by atoms with Gasteiger partial charge in [-0.25, -0.2) is 0 Å². The molecule has 0 unspecified atom stereocenters. The molecule has 1 amide bonds. The fourth-order valence-electron chi connectivity index (χ4n) is 3.33. The van der Waals surface area contributed by atoms with E-state index in [1.165, 1.54) is 11.1 Å². The molecule has 0 saturated carbocycles. The molecule has 4 nitrogen and oxygen atoms in total. The number of ether oxygens (including phenoxy) is 2.